The molecule has 0 aliphatic carbocycles. The second-order valence-corrected chi connectivity index (χ2v) is 6.64. The van der Waals surface area contributed by atoms with Crippen LogP contribution in [-0.2, 0) is 11.3 Å². The van der Waals surface area contributed by atoms with Crippen molar-refractivity contribution in [1.29, 1.82) is 0 Å². The maximum absolute atomic E-state index is 12.5. The van der Waals surface area contributed by atoms with Crippen molar-refractivity contribution in [1.82, 2.24) is 9.55 Å². The zero-order valence-electron chi connectivity index (χ0n) is 15.6. The molecule has 1 heterocycles. The van der Waals surface area contributed by atoms with E-state index in [1.54, 1.807) is 6.33 Å². The minimum absolute atomic E-state index is 0.0715. The van der Waals surface area contributed by atoms with Gasteiger partial charge in [0.25, 0.3) is 0 Å². The van der Waals surface area contributed by atoms with E-state index in [-0.39, 0.29) is 5.91 Å². The predicted molar refractivity (Wildman–Crippen MR) is 111 cm³/mol. The van der Waals surface area contributed by atoms with E-state index in [4.69, 9.17) is 4.74 Å². The number of amides is 1. The number of hydrogen-bond acceptors (Lipinski definition) is 3. The maximum Gasteiger partial charge on any atom is 0.226 e. The third-order valence-corrected chi connectivity index (χ3v) is 4.52. The average Bonchev–Trinajstić information content (AvgIpc) is 3.13. The van der Waals surface area contributed by atoms with Crippen molar-refractivity contribution >= 4 is 22.6 Å². The van der Waals surface area contributed by atoms with Crippen LogP contribution in [-0.4, -0.2) is 15.5 Å². The third-order valence-electron chi connectivity index (χ3n) is 4.52. The van der Waals surface area contributed by atoms with E-state index < -0.39 is 0 Å². The first-order chi connectivity index (χ1) is 13.7. The lowest BCUT2D eigenvalue weighted by molar-refractivity contribution is -0.116. The largest absolute Gasteiger partial charge is 0.455 e. The highest BCUT2D eigenvalue weighted by molar-refractivity contribution is 5.92. The summed E-state index contributed by atoms with van der Waals surface area (Å²) in [5.41, 5.74) is 3.78. The van der Waals surface area contributed by atoms with Crippen LogP contribution >= 0.6 is 0 Å². The highest BCUT2D eigenvalue weighted by Crippen LogP contribution is 2.29. The van der Waals surface area contributed by atoms with Crippen LogP contribution in [0.15, 0.2) is 79.1 Å². The summed E-state index contributed by atoms with van der Waals surface area (Å²) in [5, 5.41) is 2.95. The zero-order valence-corrected chi connectivity index (χ0v) is 15.6. The van der Waals surface area contributed by atoms with Crippen molar-refractivity contribution in [2.45, 2.75) is 19.9 Å². The summed E-state index contributed by atoms with van der Waals surface area (Å²) in [4.78, 5) is 16.9. The lowest BCUT2D eigenvalue weighted by atomic mass is 10.2. The van der Waals surface area contributed by atoms with Crippen LogP contribution in [0.5, 0.6) is 11.5 Å². The molecule has 3 aromatic carbocycles. The molecule has 0 aliphatic rings. The quantitative estimate of drug-likeness (QED) is 0.509. The summed E-state index contributed by atoms with van der Waals surface area (Å²) >= 11 is 0. The van der Waals surface area contributed by atoms with Gasteiger partial charge in [0.1, 0.15) is 5.75 Å². The topological polar surface area (TPSA) is 56.1 Å². The number of carbonyl (C=O) groups is 1. The van der Waals surface area contributed by atoms with Gasteiger partial charge in [0.05, 0.1) is 23.0 Å². The van der Waals surface area contributed by atoms with Crippen molar-refractivity contribution in [3.8, 4) is 11.5 Å². The summed E-state index contributed by atoms with van der Waals surface area (Å²) in [6, 6.07) is 23.2. The molecule has 4 aromatic rings. The number of carbonyl (C=O) groups excluding carboxylic acids is 1. The monoisotopic (exact) mass is 371 g/mol. The number of rotatable bonds is 6. The van der Waals surface area contributed by atoms with Crippen molar-refractivity contribution in [2.24, 2.45) is 0 Å². The van der Waals surface area contributed by atoms with E-state index >= 15 is 0 Å². The van der Waals surface area contributed by atoms with Crippen LogP contribution in [0.4, 0.5) is 5.69 Å². The van der Waals surface area contributed by atoms with Crippen LogP contribution in [0.2, 0.25) is 0 Å². The predicted octanol–water partition coefficient (Wildman–Crippen LogP) is 5.17. The summed E-state index contributed by atoms with van der Waals surface area (Å²) in [5.74, 6) is 1.28. The normalized spacial score (nSPS) is 10.8. The Hall–Kier alpha value is -3.60. The molecule has 28 heavy (non-hydrogen) atoms. The number of nitrogens with zero attached hydrogens (tertiary/aromatic N) is 2. The molecular formula is C23H21N3O2. The van der Waals surface area contributed by atoms with Gasteiger partial charge in [0, 0.05) is 13.0 Å². The first-order valence-corrected chi connectivity index (χ1v) is 9.22. The van der Waals surface area contributed by atoms with Crippen LogP contribution in [0.1, 0.15) is 12.0 Å². The average molecular weight is 371 g/mol. The lowest BCUT2D eigenvalue weighted by Gasteiger charge is -2.12. The smallest absolute Gasteiger partial charge is 0.226 e. The van der Waals surface area contributed by atoms with E-state index in [1.165, 1.54) is 5.56 Å². The van der Waals surface area contributed by atoms with Gasteiger partial charge < -0.3 is 14.6 Å². The van der Waals surface area contributed by atoms with E-state index in [2.05, 4.69) is 10.3 Å². The van der Waals surface area contributed by atoms with Gasteiger partial charge in [-0.1, -0.05) is 42.0 Å². The number of hydrogen-bond donors (Lipinski definition) is 1. The fraction of sp³-hybridized carbons (Fsp3) is 0.130. The number of aromatic nitrogens is 2. The fourth-order valence-electron chi connectivity index (χ4n) is 3.02. The standard InChI is InChI=1S/C23H21N3O2/c1-17-10-12-18(13-11-17)28-22-9-5-3-7-20(22)25-23(27)14-15-26-16-24-19-6-2-4-8-21(19)26/h2-13,16H,14-15H2,1H3,(H,25,27). The summed E-state index contributed by atoms with van der Waals surface area (Å²) in [7, 11) is 0. The van der Waals surface area contributed by atoms with Gasteiger partial charge in [0.15, 0.2) is 5.75 Å². The van der Waals surface area contributed by atoms with E-state index in [0.717, 1.165) is 16.8 Å². The summed E-state index contributed by atoms with van der Waals surface area (Å²) in [6.07, 6.45) is 2.12. The van der Waals surface area contributed by atoms with Gasteiger partial charge in [-0.25, -0.2) is 4.98 Å². The number of para-hydroxylation sites is 4. The number of fused-ring (bicyclic) bond motifs is 1. The molecule has 0 radical (unpaired) electrons. The number of aryl methyl sites for hydroxylation is 2. The Morgan fingerprint density at radius 3 is 2.61 bits per heavy atom. The molecule has 4 rings (SSSR count). The van der Waals surface area contributed by atoms with Gasteiger partial charge >= 0.3 is 0 Å². The molecule has 0 fully saturated rings. The van der Waals surface area contributed by atoms with Crippen LogP contribution in [0, 0.1) is 6.92 Å². The number of imidazole rings is 1. The Balaban J connectivity index is 1.42. The van der Waals surface area contributed by atoms with Gasteiger partial charge in [-0.05, 0) is 43.3 Å². The molecule has 0 aliphatic heterocycles. The highest BCUT2D eigenvalue weighted by atomic mass is 16.5. The second-order valence-electron chi connectivity index (χ2n) is 6.64. The van der Waals surface area contributed by atoms with Crippen molar-refractivity contribution in [3.63, 3.8) is 0 Å². The molecule has 0 saturated carbocycles. The lowest BCUT2D eigenvalue weighted by Crippen LogP contribution is -2.14. The van der Waals surface area contributed by atoms with E-state index in [1.807, 2.05) is 84.3 Å². The van der Waals surface area contributed by atoms with E-state index in [9.17, 15) is 4.79 Å². The Labute approximate surface area is 163 Å². The number of anilines is 1. The molecule has 140 valence electrons. The zero-order chi connectivity index (χ0) is 19.3. The van der Waals surface area contributed by atoms with Gasteiger partial charge in [-0.15, -0.1) is 0 Å². The Bertz CT molecular complexity index is 1100. The maximum atomic E-state index is 12.5. The third kappa shape index (κ3) is 4.04. The van der Waals surface area contributed by atoms with Crippen LogP contribution < -0.4 is 10.1 Å². The van der Waals surface area contributed by atoms with Crippen LogP contribution in [0.25, 0.3) is 11.0 Å². The molecule has 1 aromatic heterocycles. The molecule has 0 saturated heterocycles. The minimum Gasteiger partial charge on any atom is -0.455 e. The Kier molecular flexibility index (Phi) is 5.06. The molecule has 5 nitrogen and oxygen atoms in total. The summed E-state index contributed by atoms with van der Waals surface area (Å²) < 4.78 is 7.93. The first kappa shape index (κ1) is 17.8. The SMILES string of the molecule is Cc1ccc(Oc2ccccc2NC(=O)CCn2cnc3ccccc32)cc1. The molecule has 0 bridgehead atoms. The molecule has 0 atom stereocenters. The first-order valence-electron chi connectivity index (χ1n) is 9.22. The van der Waals surface area contributed by atoms with Crippen molar-refractivity contribution < 1.29 is 9.53 Å². The van der Waals surface area contributed by atoms with Gasteiger partial charge in [-0.3, -0.25) is 4.79 Å². The van der Waals surface area contributed by atoms with Gasteiger partial charge in [-0.2, -0.15) is 0 Å². The molecule has 0 spiro atoms. The van der Waals surface area contributed by atoms with E-state index in [0.29, 0.717) is 24.4 Å². The molecule has 5 heteroatoms. The van der Waals surface area contributed by atoms with Gasteiger partial charge in [0.2, 0.25) is 5.91 Å². The van der Waals surface area contributed by atoms with Crippen LogP contribution in [0.3, 0.4) is 0 Å². The Morgan fingerprint density at radius 2 is 1.75 bits per heavy atom. The fourth-order valence-corrected chi connectivity index (χ4v) is 3.02. The minimum atomic E-state index is -0.0715. The van der Waals surface area contributed by atoms with Crippen molar-refractivity contribution in [3.05, 3.63) is 84.7 Å². The molecular weight excluding hydrogens is 350 g/mol. The highest BCUT2D eigenvalue weighted by Gasteiger charge is 2.10. The number of nitrogens with one attached hydrogen (secondary N) is 1. The number of benzene rings is 3. The Morgan fingerprint density at radius 1 is 1.00 bits per heavy atom. The summed E-state index contributed by atoms with van der Waals surface area (Å²) in [6.45, 7) is 2.59. The molecule has 0 unspecified atom stereocenters. The number of ether oxygens (including phenoxy) is 1. The second kappa shape index (κ2) is 7.96. The molecule has 1 amide bonds. The molecule has 1 N–H and O–H groups in total. The van der Waals surface area contributed by atoms with Crippen molar-refractivity contribution in [2.75, 3.05) is 5.32 Å².